The third-order valence-electron chi connectivity index (χ3n) is 3.67. The van der Waals surface area contributed by atoms with Crippen molar-refractivity contribution < 1.29 is 17.9 Å². The zero-order chi connectivity index (χ0) is 15.5. The van der Waals surface area contributed by atoms with E-state index in [1.807, 2.05) is 7.05 Å². The maximum Gasteiger partial charge on any atom is 0.408 e. The molecule has 1 aliphatic rings. The topological polar surface area (TPSA) is 43.2 Å². The molecule has 0 N–H and O–H groups in total. The van der Waals surface area contributed by atoms with Gasteiger partial charge >= 0.3 is 6.18 Å². The summed E-state index contributed by atoms with van der Waals surface area (Å²) < 4.78 is 44.1. The lowest BCUT2D eigenvalue weighted by molar-refractivity contribution is -0.143. The largest absolute Gasteiger partial charge is 0.408 e. The van der Waals surface area contributed by atoms with Crippen molar-refractivity contribution in [3.05, 3.63) is 11.6 Å². The van der Waals surface area contributed by atoms with Crippen LogP contribution in [0.1, 0.15) is 43.4 Å². The highest BCUT2D eigenvalue weighted by atomic mass is 19.4. The van der Waals surface area contributed by atoms with E-state index in [0.29, 0.717) is 11.6 Å². The Bertz CT molecular complexity index is 461. The quantitative estimate of drug-likeness (QED) is 0.857. The lowest BCUT2D eigenvalue weighted by Crippen LogP contribution is -2.29. The Morgan fingerprint density at radius 1 is 1.29 bits per heavy atom. The van der Waals surface area contributed by atoms with Gasteiger partial charge in [-0.2, -0.15) is 18.3 Å². The molecule has 1 atom stereocenters. The number of methoxy groups -OCH3 is 1. The van der Waals surface area contributed by atoms with Gasteiger partial charge in [0.05, 0.1) is 6.04 Å². The molecule has 2 heterocycles. The van der Waals surface area contributed by atoms with Crippen LogP contribution in [0.2, 0.25) is 0 Å². The van der Waals surface area contributed by atoms with Crippen molar-refractivity contribution in [3.8, 4) is 0 Å². The first-order valence-electron chi connectivity index (χ1n) is 7.10. The summed E-state index contributed by atoms with van der Waals surface area (Å²) >= 11 is 0. The van der Waals surface area contributed by atoms with E-state index in [2.05, 4.69) is 15.0 Å². The highest BCUT2D eigenvalue weighted by Crippen LogP contribution is 2.29. The van der Waals surface area contributed by atoms with Crippen LogP contribution >= 0.6 is 0 Å². The Morgan fingerprint density at radius 2 is 2.05 bits per heavy atom. The molecular formula is C13H21F3N4O. The molecule has 1 saturated heterocycles. The van der Waals surface area contributed by atoms with Gasteiger partial charge in [-0.1, -0.05) is 12.8 Å². The van der Waals surface area contributed by atoms with Crippen LogP contribution in [0.5, 0.6) is 0 Å². The van der Waals surface area contributed by atoms with Crippen molar-refractivity contribution in [1.82, 2.24) is 19.7 Å². The number of halogens is 3. The van der Waals surface area contributed by atoms with Crippen LogP contribution in [-0.4, -0.2) is 46.5 Å². The van der Waals surface area contributed by atoms with E-state index in [-0.39, 0.29) is 12.6 Å². The third kappa shape index (κ3) is 4.41. The van der Waals surface area contributed by atoms with Gasteiger partial charge in [-0.3, -0.25) is 4.90 Å². The standard InChI is InChI=1S/C13H21F3N4O/c1-19-7-5-3-4-6-10(19)12-17-11(8-21-2)18-20(12)9-13(14,15)16/h10H,3-9H2,1-2H3/t10-/m1/s1. The average Bonchev–Trinajstić information content (AvgIpc) is 2.61. The Kier molecular flexibility index (Phi) is 5.21. The molecule has 5 nitrogen and oxygen atoms in total. The minimum Gasteiger partial charge on any atom is -0.377 e. The van der Waals surface area contributed by atoms with Crippen LogP contribution in [0.4, 0.5) is 13.2 Å². The summed E-state index contributed by atoms with van der Waals surface area (Å²) in [6.45, 7) is -0.124. The SMILES string of the molecule is COCc1nc([C@H]2CCCCCN2C)n(CC(F)(F)F)n1. The van der Waals surface area contributed by atoms with Crippen molar-refractivity contribution in [2.24, 2.45) is 0 Å². The van der Waals surface area contributed by atoms with Crippen LogP contribution in [0.15, 0.2) is 0 Å². The Balaban J connectivity index is 2.30. The maximum atomic E-state index is 12.7. The van der Waals surface area contributed by atoms with Gasteiger partial charge < -0.3 is 4.74 Å². The Morgan fingerprint density at radius 3 is 2.71 bits per heavy atom. The van der Waals surface area contributed by atoms with Gasteiger partial charge in [0, 0.05) is 7.11 Å². The van der Waals surface area contributed by atoms with Crippen molar-refractivity contribution in [2.45, 2.75) is 51.1 Å². The van der Waals surface area contributed by atoms with E-state index in [1.165, 1.54) is 7.11 Å². The second kappa shape index (κ2) is 6.74. The number of nitrogens with zero attached hydrogens (tertiary/aromatic N) is 4. The van der Waals surface area contributed by atoms with Crippen molar-refractivity contribution >= 4 is 0 Å². The average molecular weight is 306 g/mol. The summed E-state index contributed by atoms with van der Waals surface area (Å²) in [5.41, 5.74) is 0. The molecule has 2 rings (SSSR count). The number of hydrogen-bond donors (Lipinski definition) is 0. The molecule has 0 bridgehead atoms. The van der Waals surface area contributed by atoms with Crippen molar-refractivity contribution in [3.63, 3.8) is 0 Å². The first-order valence-corrected chi connectivity index (χ1v) is 7.10. The van der Waals surface area contributed by atoms with Gasteiger partial charge in [-0.25, -0.2) is 9.67 Å². The van der Waals surface area contributed by atoms with Crippen molar-refractivity contribution in [2.75, 3.05) is 20.7 Å². The number of rotatable bonds is 4. The molecular weight excluding hydrogens is 285 g/mol. The maximum absolute atomic E-state index is 12.7. The summed E-state index contributed by atoms with van der Waals surface area (Å²) in [6, 6.07) is -0.118. The zero-order valence-electron chi connectivity index (χ0n) is 12.4. The Labute approximate surface area is 122 Å². The molecule has 0 spiro atoms. The van der Waals surface area contributed by atoms with Gasteiger partial charge in [-0.05, 0) is 26.4 Å². The number of ether oxygens (including phenoxy) is 1. The van der Waals surface area contributed by atoms with Crippen molar-refractivity contribution in [1.29, 1.82) is 0 Å². The molecule has 0 aliphatic carbocycles. The molecule has 0 saturated carbocycles. The molecule has 120 valence electrons. The smallest absolute Gasteiger partial charge is 0.377 e. The minimum atomic E-state index is -4.31. The molecule has 0 unspecified atom stereocenters. The number of hydrogen-bond acceptors (Lipinski definition) is 4. The van der Waals surface area contributed by atoms with Crippen LogP contribution in [0, 0.1) is 0 Å². The summed E-state index contributed by atoms with van der Waals surface area (Å²) in [7, 11) is 3.40. The normalized spacial score (nSPS) is 21.5. The minimum absolute atomic E-state index is 0.118. The van der Waals surface area contributed by atoms with Crippen LogP contribution in [0.3, 0.4) is 0 Å². The highest BCUT2D eigenvalue weighted by Gasteiger charge is 2.33. The fourth-order valence-electron chi connectivity index (χ4n) is 2.70. The monoisotopic (exact) mass is 306 g/mol. The molecule has 21 heavy (non-hydrogen) atoms. The molecule has 0 aromatic carbocycles. The van der Waals surface area contributed by atoms with E-state index in [4.69, 9.17) is 4.74 Å². The van der Waals surface area contributed by atoms with E-state index in [9.17, 15) is 13.2 Å². The fraction of sp³-hybridized carbons (Fsp3) is 0.846. The molecule has 0 amide bonds. The second-order valence-electron chi connectivity index (χ2n) is 5.44. The summed E-state index contributed by atoms with van der Waals surface area (Å²) in [5, 5.41) is 3.96. The van der Waals surface area contributed by atoms with Gasteiger partial charge in [0.15, 0.2) is 5.82 Å². The molecule has 8 heteroatoms. The molecule has 1 fully saturated rings. The van der Waals surface area contributed by atoms with Crippen LogP contribution in [0.25, 0.3) is 0 Å². The molecule has 0 radical (unpaired) electrons. The number of alkyl halides is 3. The lowest BCUT2D eigenvalue weighted by Gasteiger charge is -2.25. The summed E-state index contributed by atoms with van der Waals surface area (Å²) in [4.78, 5) is 6.35. The molecule has 1 aromatic rings. The number of aromatic nitrogens is 3. The fourth-order valence-corrected chi connectivity index (χ4v) is 2.70. The van der Waals surface area contributed by atoms with E-state index in [0.717, 1.165) is 36.9 Å². The zero-order valence-corrected chi connectivity index (χ0v) is 12.4. The van der Waals surface area contributed by atoms with Crippen LogP contribution in [-0.2, 0) is 17.9 Å². The Hall–Kier alpha value is -1.15. The van der Waals surface area contributed by atoms with Crippen LogP contribution < -0.4 is 0 Å². The predicted molar refractivity (Wildman–Crippen MR) is 70.6 cm³/mol. The molecule has 1 aromatic heterocycles. The van der Waals surface area contributed by atoms with E-state index < -0.39 is 12.7 Å². The summed E-state index contributed by atoms with van der Waals surface area (Å²) in [5.74, 6) is 0.693. The van der Waals surface area contributed by atoms with Gasteiger partial charge in [0.1, 0.15) is 19.0 Å². The van der Waals surface area contributed by atoms with Gasteiger partial charge in [0.25, 0.3) is 0 Å². The highest BCUT2D eigenvalue weighted by molar-refractivity contribution is 5.01. The first-order chi connectivity index (χ1) is 9.90. The van der Waals surface area contributed by atoms with Gasteiger partial charge in [-0.15, -0.1) is 0 Å². The number of likely N-dealkylation sites (tertiary alicyclic amines) is 1. The third-order valence-corrected chi connectivity index (χ3v) is 3.67. The van der Waals surface area contributed by atoms with Gasteiger partial charge in [0.2, 0.25) is 0 Å². The predicted octanol–water partition coefficient (Wildman–Crippen LogP) is 2.53. The molecule has 1 aliphatic heterocycles. The van der Waals surface area contributed by atoms with E-state index in [1.54, 1.807) is 0 Å². The lowest BCUT2D eigenvalue weighted by atomic mass is 10.1. The summed E-state index contributed by atoms with van der Waals surface area (Å²) in [6.07, 6.45) is -0.354. The first kappa shape index (κ1) is 16.2. The second-order valence-corrected chi connectivity index (χ2v) is 5.44. The van der Waals surface area contributed by atoms with E-state index >= 15 is 0 Å².